The largest absolute Gasteiger partial charge is 0.121 e. The third kappa shape index (κ3) is 5.69. The maximum Gasteiger partial charge on any atom is 0.0235 e. The minimum absolute atomic E-state index is 0.332. The predicted octanol–water partition coefficient (Wildman–Crippen LogP) is 9.37. The molecule has 0 nitrogen and oxygen atoms in total. The Morgan fingerprint density at radius 3 is 2.00 bits per heavy atom. The van der Waals surface area contributed by atoms with E-state index in [0.717, 1.165) is 5.75 Å². The van der Waals surface area contributed by atoms with E-state index in [-0.39, 0.29) is 0 Å². The monoisotopic (exact) mass is 408 g/mol. The Labute approximate surface area is 183 Å². The molecule has 1 unspecified atom stereocenters. The van der Waals surface area contributed by atoms with Gasteiger partial charge in [0, 0.05) is 16.6 Å². The van der Waals surface area contributed by atoms with E-state index in [1.165, 1.54) is 69.1 Å². The van der Waals surface area contributed by atoms with Crippen molar-refractivity contribution >= 4 is 11.8 Å². The number of benzene rings is 2. The first-order chi connectivity index (χ1) is 14.2. The van der Waals surface area contributed by atoms with Crippen molar-refractivity contribution in [2.45, 2.75) is 102 Å². The molecule has 3 rings (SSSR count). The van der Waals surface area contributed by atoms with Gasteiger partial charge in [0.2, 0.25) is 0 Å². The maximum atomic E-state index is 2.61. The molecule has 29 heavy (non-hydrogen) atoms. The number of thioether (sulfide) groups is 1. The normalized spacial score (nSPS) is 16.2. The Hall–Kier alpha value is -1.21. The van der Waals surface area contributed by atoms with Crippen LogP contribution in [0.25, 0.3) is 0 Å². The minimum Gasteiger partial charge on any atom is -0.121 e. The number of fused-ring (bicyclic) bond motifs is 2. The molecule has 0 fully saturated rings. The van der Waals surface area contributed by atoms with Crippen LogP contribution in [0.1, 0.15) is 108 Å². The van der Waals surface area contributed by atoms with Gasteiger partial charge < -0.3 is 0 Å². The average Bonchev–Trinajstić information content (AvgIpc) is 2.92. The molecule has 2 aromatic carbocycles. The van der Waals surface area contributed by atoms with Gasteiger partial charge in [-0.2, -0.15) is 0 Å². The predicted molar refractivity (Wildman–Crippen MR) is 130 cm³/mol. The highest BCUT2D eigenvalue weighted by Crippen LogP contribution is 2.53. The second kappa shape index (κ2) is 11.3. The van der Waals surface area contributed by atoms with E-state index in [1.54, 1.807) is 16.7 Å². The summed E-state index contributed by atoms with van der Waals surface area (Å²) < 4.78 is 0. The lowest BCUT2D eigenvalue weighted by atomic mass is 9.64. The van der Waals surface area contributed by atoms with E-state index in [1.807, 2.05) is 11.8 Å². The number of hydrogen-bond donors (Lipinski definition) is 0. The zero-order chi connectivity index (χ0) is 20.5. The van der Waals surface area contributed by atoms with Crippen molar-refractivity contribution in [3.63, 3.8) is 0 Å². The van der Waals surface area contributed by atoms with E-state index < -0.39 is 0 Å². The summed E-state index contributed by atoms with van der Waals surface area (Å²) in [5.41, 5.74) is 5.06. The fraction of sp³-hybridized carbons (Fsp3) is 0.571. The lowest BCUT2D eigenvalue weighted by Crippen LogP contribution is -2.28. The van der Waals surface area contributed by atoms with Crippen LogP contribution < -0.4 is 0 Å². The van der Waals surface area contributed by atoms with Crippen LogP contribution in [0.3, 0.4) is 0 Å². The van der Waals surface area contributed by atoms with Crippen molar-refractivity contribution in [2.75, 3.05) is 0 Å². The molecule has 0 aromatic heterocycles. The third-order valence-electron chi connectivity index (χ3n) is 6.88. The Balaban J connectivity index is 1.97. The second-order valence-corrected chi connectivity index (χ2v) is 10.3. The van der Waals surface area contributed by atoms with E-state index >= 15 is 0 Å². The zero-order valence-corrected chi connectivity index (χ0v) is 19.7. The van der Waals surface area contributed by atoms with Gasteiger partial charge in [0.25, 0.3) is 0 Å². The molecule has 0 radical (unpaired) electrons. The number of hydrogen-bond acceptors (Lipinski definition) is 1. The van der Waals surface area contributed by atoms with Gasteiger partial charge >= 0.3 is 0 Å². The maximum absolute atomic E-state index is 2.61. The van der Waals surface area contributed by atoms with Gasteiger partial charge in [-0.15, -0.1) is 11.8 Å². The quantitative estimate of drug-likeness (QED) is 0.334. The molecule has 0 saturated carbocycles. The van der Waals surface area contributed by atoms with Gasteiger partial charge in [-0.1, -0.05) is 115 Å². The Bertz CT molecular complexity index is 688. The molecular formula is C28H40S. The first-order valence-corrected chi connectivity index (χ1v) is 13.0. The Morgan fingerprint density at radius 1 is 0.759 bits per heavy atom. The van der Waals surface area contributed by atoms with Crippen LogP contribution in [0.2, 0.25) is 0 Å². The molecule has 1 aliphatic rings. The highest BCUT2D eigenvalue weighted by atomic mass is 32.2. The standard InChI is InChI=1S/C28H40S/c1-4-6-8-14-20-28(3,21-15-9-7-5-2)27-24-17-11-10-16-23(24)22-29-26-19-13-12-18-25(26)27/h10-13,16-19,27H,4-9,14-15,20-22H2,1-3H3. The zero-order valence-electron chi connectivity index (χ0n) is 18.9. The molecule has 0 saturated heterocycles. The van der Waals surface area contributed by atoms with Crippen LogP contribution in [0.5, 0.6) is 0 Å². The van der Waals surface area contributed by atoms with Crippen molar-refractivity contribution in [3.05, 3.63) is 65.2 Å². The highest BCUT2D eigenvalue weighted by molar-refractivity contribution is 7.98. The summed E-state index contributed by atoms with van der Waals surface area (Å²) >= 11 is 2.04. The molecule has 0 N–H and O–H groups in total. The van der Waals surface area contributed by atoms with Gasteiger partial charge in [0.15, 0.2) is 0 Å². The van der Waals surface area contributed by atoms with Crippen LogP contribution in [-0.4, -0.2) is 0 Å². The van der Waals surface area contributed by atoms with E-state index in [4.69, 9.17) is 0 Å². The number of rotatable bonds is 11. The third-order valence-corrected chi connectivity index (χ3v) is 8.02. The summed E-state index contributed by atoms with van der Waals surface area (Å²) in [6, 6.07) is 18.5. The lowest BCUT2D eigenvalue weighted by Gasteiger charge is -2.40. The molecule has 2 aromatic rings. The van der Waals surface area contributed by atoms with Crippen LogP contribution in [0.4, 0.5) is 0 Å². The van der Waals surface area contributed by atoms with Crippen LogP contribution in [0.15, 0.2) is 53.4 Å². The van der Waals surface area contributed by atoms with Crippen molar-refractivity contribution < 1.29 is 0 Å². The van der Waals surface area contributed by atoms with Gasteiger partial charge in [0.05, 0.1) is 0 Å². The van der Waals surface area contributed by atoms with E-state index in [0.29, 0.717) is 11.3 Å². The van der Waals surface area contributed by atoms with Gasteiger partial charge in [-0.25, -0.2) is 0 Å². The number of unbranched alkanes of at least 4 members (excludes halogenated alkanes) is 6. The molecule has 0 aliphatic carbocycles. The van der Waals surface area contributed by atoms with Crippen LogP contribution in [-0.2, 0) is 5.75 Å². The molecule has 1 atom stereocenters. The van der Waals surface area contributed by atoms with Gasteiger partial charge in [-0.05, 0) is 41.0 Å². The van der Waals surface area contributed by atoms with Gasteiger partial charge in [-0.3, -0.25) is 0 Å². The molecular weight excluding hydrogens is 368 g/mol. The molecule has 0 amide bonds. The van der Waals surface area contributed by atoms with Crippen molar-refractivity contribution in [1.29, 1.82) is 0 Å². The van der Waals surface area contributed by atoms with Crippen molar-refractivity contribution in [3.8, 4) is 0 Å². The Kier molecular flexibility index (Phi) is 8.72. The first-order valence-electron chi connectivity index (χ1n) is 12.0. The van der Waals surface area contributed by atoms with Gasteiger partial charge in [0.1, 0.15) is 0 Å². The summed E-state index contributed by atoms with van der Waals surface area (Å²) in [6.45, 7) is 7.25. The summed E-state index contributed by atoms with van der Waals surface area (Å²) in [7, 11) is 0. The fourth-order valence-electron chi connectivity index (χ4n) is 5.20. The molecule has 158 valence electrons. The summed E-state index contributed by atoms with van der Waals surface area (Å²) in [5.74, 6) is 1.62. The average molecular weight is 409 g/mol. The summed E-state index contributed by atoms with van der Waals surface area (Å²) in [4.78, 5) is 1.50. The highest BCUT2D eigenvalue weighted by Gasteiger charge is 2.38. The van der Waals surface area contributed by atoms with Crippen LogP contribution >= 0.6 is 11.8 Å². The molecule has 0 spiro atoms. The lowest BCUT2D eigenvalue weighted by molar-refractivity contribution is 0.216. The molecule has 1 heterocycles. The topological polar surface area (TPSA) is 0 Å². The summed E-state index contributed by atoms with van der Waals surface area (Å²) in [6.07, 6.45) is 13.6. The van der Waals surface area contributed by atoms with E-state index in [2.05, 4.69) is 69.3 Å². The van der Waals surface area contributed by atoms with Crippen LogP contribution in [0, 0.1) is 5.41 Å². The second-order valence-electron chi connectivity index (χ2n) is 9.23. The van der Waals surface area contributed by atoms with Crippen molar-refractivity contribution in [1.82, 2.24) is 0 Å². The molecule has 0 bridgehead atoms. The van der Waals surface area contributed by atoms with E-state index in [9.17, 15) is 0 Å². The fourth-order valence-corrected chi connectivity index (χ4v) is 6.30. The summed E-state index contributed by atoms with van der Waals surface area (Å²) in [5, 5.41) is 0. The Morgan fingerprint density at radius 2 is 1.34 bits per heavy atom. The first kappa shape index (κ1) is 22.5. The molecule has 1 aliphatic heterocycles. The smallest absolute Gasteiger partial charge is 0.0235 e. The SMILES string of the molecule is CCCCCCC(C)(CCCCCC)C1c2ccccc2CSc2ccccc21. The minimum atomic E-state index is 0.332. The molecule has 1 heteroatoms. The van der Waals surface area contributed by atoms with Crippen molar-refractivity contribution in [2.24, 2.45) is 5.41 Å².